The summed E-state index contributed by atoms with van der Waals surface area (Å²) in [4.78, 5) is 30.1. The van der Waals surface area contributed by atoms with E-state index in [2.05, 4.69) is 26.1 Å². The first kappa shape index (κ1) is 34.0. The summed E-state index contributed by atoms with van der Waals surface area (Å²) >= 11 is 0. The Morgan fingerprint density at radius 2 is 1.94 bits per heavy atom. The van der Waals surface area contributed by atoms with E-state index in [9.17, 15) is 23.6 Å². The Morgan fingerprint density at radius 1 is 1.19 bits per heavy atom. The van der Waals surface area contributed by atoms with Gasteiger partial charge >= 0.3 is 7.12 Å². The first-order valence-corrected chi connectivity index (χ1v) is 16.9. The van der Waals surface area contributed by atoms with Crippen molar-refractivity contribution in [2.75, 3.05) is 32.8 Å². The molecule has 3 saturated carbocycles. The number of rotatable bonds is 9. The molecule has 0 unspecified atom stereocenters. The Balaban J connectivity index is 1.10. The molecule has 1 aromatic rings. The molecule has 2 bridgehead atoms. The summed E-state index contributed by atoms with van der Waals surface area (Å²) in [6, 6.07) is 11.9. The minimum Gasteiger partial charge on any atom is -0.404 e. The fraction of sp³-hybridized carbons (Fsp3) is 0.686. The summed E-state index contributed by atoms with van der Waals surface area (Å²) < 4.78 is 47.0. The topological polar surface area (TPSA) is 104 Å². The third-order valence-corrected chi connectivity index (χ3v) is 11.6. The van der Waals surface area contributed by atoms with Crippen LogP contribution in [0.5, 0.6) is 0 Å². The number of alkyl halides is 2. The molecule has 9 nitrogen and oxygen atoms in total. The Labute approximate surface area is 277 Å². The molecule has 3 aliphatic heterocycles. The molecule has 1 N–H and O–H groups in total. The van der Waals surface area contributed by atoms with Crippen LogP contribution in [0, 0.1) is 28.6 Å². The van der Waals surface area contributed by atoms with Gasteiger partial charge in [0.15, 0.2) is 0 Å². The van der Waals surface area contributed by atoms with Crippen LogP contribution in [-0.2, 0) is 30.1 Å². The zero-order valence-electron chi connectivity index (χ0n) is 28.1. The van der Waals surface area contributed by atoms with Gasteiger partial charge in [-0.05, 0) is 68.9 Å². The molecule has 0 aromatic heterocycles. The Morgan fingerprint density at radius 3 is 2.60 bits per heavy atom. The van der Waals surface area contributed by atoms with Crippen molar-refractivity contribution in [2.24, 2.45) is 17.3 Å². The van der Waals surface area contributed by atoms with E-state index >= 15 is 0 Å². The maximum atomic E-state index is 13.9. The van der Waals surface area contributed by atoms with Gasteiger partial charge in [0.2, 0.25) is 5.91 Å². The van der Waals surface area contributed by atoms with Gasteiger partial charge in [0, 0.05) is 31.6 Å². The standard InChI is InChI=1S/C35H47BF2N4O5/c1-32(2,42-12-11-35(37,38)22-42)19-24(20-39)31(44)41-13-14-45-26(21-41)18-30(43)40-29(15-23-9-7-6-8-10-23)36-46-28-17-25-16-27(33(25,3)4)34(28,5)47-36/h6-10,19,25-29H,11-18,21-22H2,1-5H3,(H,40,43)/t25-,26-,27-,28+,29-,34-/m0/s1. The number of nitrogens with one attached hydrogen (secondary N) is 1. The Hall–Kier alpha value is -2.85. The molecule has 254 valence electrons. The van der Waals surface area contributed by atoms with Crippen molar-refractivity contribution >= 4 is 18.9 Å². The number of carbonyl (C=O) groups is 2. The SMILES string of the molecule is CC1(C)[C@@H]2C[C@H]3OB([C@H](Cc4ccccc4)NC(=O)C[C@H]4CN(C(=O)C(C#N)=CC(C)(C)N5CCC(F)(F)C5)CCO4)O[C@@]3(C)[C@H]1C2. The van der Waals surface area contributed by atoms with Gasteiger partial charge in [0.1, 0.15) is 11.6 Å². The van der Waals surface area contributed by atoms with Crippen LogP contribution in [0.2, 0.25) is 0 Å². The Bertz CT molecular complexity index is 1430. The highest BCUT2D eigenvalue weighted by Crippen LogP contribution is 2.65. The van der Waals surface area contributed by atoms with Crippen molar-refractivity contribution in [3.8, 4) is 6.07 Å². The maximum Gasteiger partial charge on any atom is 0.482 e. The number of ether oxygens (including phenoxy) is 1. The van der Waals surface area contributed by atoms with Crippen LogP contribution < -0.4 is 5.32 Å². The lowest BCUT2D eigenvalue weighted by atomic mass is 9.43. The number of hydrogen-bond donors (Lipinski definition) is 1. The fourth-order valence-electron chi connectivity index (χ4n) is 8.64. The van der Waals surface area contributed by atoms with Gasteiger partial charge in [-0.1, -0.05) is 44.2 Å². The molecule has 6 atom stereocenters. The largest absolute Gasteiger partial charge is 0.482 e. The predicted octanol–water partition coefficient (Wildman–Crippen LogP) is 4.17. The monoisotopic (exact) mass is 652 g/mol. The van der Waals surface area contributed by atoms with Gasteiger partial charge in [-0.15, -0.1) is 0 Å². The van der Waals surface area contributed by atoms with E-state index in [-0.39, 0.29) is 62.1 Å². The van der Waals surface area contributed by atoms with E-state index in [0.717, 1.165) is 18.4 Å². The molecule has 3 saturated heterocycles. The Kier molecular flexibility index (Phi) is 9.09. The van der Waals surface area contributed by atoms with Crippen LogP contribution in [-0.4, -0.2) is 96.7 Å². The van der Waals surface area contributed by atoms with E-state index in [1.165, 1.54) is 11.0 Å². The summed E-state index contributed by atoms with van der Waals surface area (Å²) in [5.41, 5.74) is -0.175. The van der Waals surface area contributed by atoms with Crippen LogP contribution in [0.15, 0.2) is 42.0 Å². The van der Waals surface area contributed by atoms with Crippen molar-refractivity contribution in [1.82, 2.24) is 15.1 Å². The lowest BCUT2D eigenvalue weighted by molar-refractivity contribution is -0.199. The molecule has 1 aromatic carbocycles. The van der Waals surface area contributed by atoms with Gasteiger partial charge in [-0.25, -0.2) is 8.78 Å². The third kappa shape index (κ3) is 6.74. The van der Waals surface area contributed by atoms with Gasteiger partial charge in [-0.3, -0.25) is 14.5 Å². The average molecular weight is 653 g/mol. The number of nitriles is 1. The quantitative estimate of drug-likeness (QED) is 0.243. The van der Waals surface area contributed by atoms with Gasteiger partial charge < -0.3 is 24.3 Å². The number of hydrogen-bond acceptors (Lipinski definition) is 7. The van der Waals surface area contributed by atoms with E-state index in [0.29, 0.717) is 18.3 Å². The van der Waals surface area contributed by atoms with Gasteiger partial charge in [0.05, 0.1) is 43.3 Å². The minimum atomic E-state index is -2.79. The number of likely N-dealkylation sites (tertiary alicyclic amines) is 1. The molecule has 6 aliphatic rings. The lowest BCUT2D eigenvalue weighted by Gasteiger charge is -2.64. The summed E-state index contributed by atoms with van der Waals surface area (Å²) in [5, 5.41) is 13.0. The zero-order chi connectivity index (χ0) is 33.8. The molecule has 0 spiro atoms. The zero-order valence-corrected chi connectivity index (χ0v) is 28.1. The van der Waals surface area contributed by atoms with Crippen molar-refractivity contribution in [3.63, 3.8) is 0 Å². The van der Waals surface area contributed by atoms with Crippen molar-refractivity contribution in [1.29, 1.82) is 5.26 Å². The van der Waals surface area contributed by atoms with E-state index in [1.807, 2.05) is 36.4 Å². The highest BCUT2D eigenvalue weighted by molar-refractivity contribution is 6.48. The predicted molar refractivity (Wildman–Crippen MR) is 172 cm³/mol. The molecule has 3 aliphatic carbocycles. The first-order chi connectivity index (χ1) is 22.1. The molecule has 7 rings (SSSR count). The number of halogens is 2. The van der Waals surface area contributed by atoms with Gasteiger partial charge in [-0.2, -0.15) is 5.26 Å². The highest BCUT2D eigenvalue weighted by atomic mass is 19.3. The highest BCUT2D eigenvalue weighted by Gasteiger charge is 2.68. The molecule has 0 radical (unpaired) electrons. The third-order valence-electron chi connectivity index (χ3n) is 11.6. The van der Waals surface area contributed by atoms with E-state index < -0.39 is 48.7 Å². The molecule has 2 amide bonds. The van der Waals surface area contributed by atoms with Crippen LogP contribution in [0.3, 0.4) is 0 Å². The summed E-state index contributed by atoms with van der Waals surface area (Å²) in [6.45, 7) is 10.6. The van der Waals surface area contributed by atoms with Crippen molar-refractivity contribution in [3.05, 3.63) is 47.5 Å². The number of morpholine rings is 1. The molecule has 3 heterocycles. The molecular weight excluding hydrogens is 605 g/mol. The minimum absolute atomic E-state index is 0.0141. The lowest BCUT2D eigenvalue weighted by Crippen LogP contribution is -2.65. The van der Waals surface area contributed by atoms with Crippen molar-refractivity contribution in [2.45, 2.75) is 102 Å². The number of nitrogens with zero attached hydrogens (tertiary/aromatic N) is 3. The van der Waals surface area contributed by atoms with E-state index in [1.54, 1.807) is 18.7 Å². The molecular formula is C35H47BF2N4O5. The average Bonchev–Trinajstić information content (AvgIpc) is 3.58. The molecule has 12 heteroatoms. The van der Waals surface area contributed by atoms with Gasteiger partial charge in [0.25, 0.3) is 11.8 Å². The maximum absolute atomic E-state index is 13.9. The van der Waals surface area contributed by atoms with E-state index in [4.69, 9.17) is 14.0 Å². The van der Waals surface area contributed by atoms with Crippen LogP contribution in [0.25, 0.3) is 0 Å². The first-order valence-electron chi connectivity index (χ1n) is 16.9. The number of benzene rings is 1. The number of carbonyl (C=O) groups excluding carboxylic acids is 2. The molecule has 47 heavy (non-hydrogen) atoms. The normalized spacial score (nSPS) is 32.3. The number of amides is 2. The summed E-state index contributed by atoms with van der Waals surface area (Å²) in [7, 11) is -0.600. The second-order valence-corrected chi connectivity index (χ2v) is 15.5. The molecule has 6 fully saturated rings. The van der Waals surface area contributed by atoms with Crippen LogP contribution in [0.4, 0.5) is 8.78 Å². The summed E-state index contributed by atoms with van der Waals surface area (Å²) in [6.07, 6.45) is 3.26. The smallest absolute Gasteiger partial charge is 0.404 e. The summed E-state index contributed by atoms with van der Waals surface area (Å²) in [5.74, 6) is -2.95. The fourth-order valence-corrected chi connectivity index (χ4v) is 8.64. The van der Waals surface area contributed by atoms with Crippen LogP contribution >= 0.6 is 0 Å². The second-order valence-electron chi connectivity index (χ2n) is 15.5. The second kappa shape index (κ2) is 12.6. The van der Waals surface area contributed by atoms with Crippen molar-refractivity contribution < 1.29 is 32.4 Å². The van der Waals surface area contributed by atoms with Crippen LogP contribution in [0.1, 0.15) is 65.9 Å².